The van der Waals surface area contributed by atoms with Gasteiger partial charge in [0.1, 0.15) is 0 Å². The standard InChI is InChI=1S/C7H10O2/c1-4-5(2)7(9)3-6(4)8/h6,8H,3H2,1-2H3/t6-/m1/s1. The minimum Gasteiger partial charge on any atom is -0.388 e. The summed E-state index contributed by atoms with van der Waals surface area (Å²) in [4.78, 5) is 10.8. The second kappa shape index (κ2) is 1.95. The van der Waals surface area contributed by atoms with Gasteiger partial charge in [0.2, 0.25) is 0 Å². The summed E-state index contributed by atoms with van der Waals surface area (Å²) in [5, 5.41) is 9.06. The van der Waals surface area contributed by atoms with Gasteiger partial charge >= 0.3 is 0 Å². The van der Waals surface area contributed by atoms with Crippen LogP contribution in [-0.4, -0.2) is 17.0 Å². The topological polar surface area (TPSA) is 37.3 Å². The fourth-order valence-corrected chi connectivity index (χ4v) is 0.952. The number of carbonyl (C=O) groups excluding carboxylic acids is 1. The van der Waals surface area contributed by atoms with Crippen molar-refractivity contribution in [2.24, 2.45) is 0 Å². The van der Waals surface area contributed by atoms with Crippen LogP contribution in [0.1, 0.15) is 20.3 Å². The molecule has 0 aromatic heterocycles. The van der Waals surface area contributed by atoms with Crippen molar-refractivity contribution >= 4 is 5.78 Å². The average molecular weight is 126 g/mol. The second-order valence-corrected chi connectivity index (χ2v) is 2.45. The molecule has 2 heteroatoms. The van der Waals surface area contributed by atoms with Crippen molar-refractivity contribution in [2.45, 2.75) is 26.4 Å². The molecule has 0 bridgehead atoms. The molecule has 1 aliphatic carbocycles. The van der Waals surface area contributed by atoms with Gasteiger partial charge in [-0.25, -0.2) is 0 Å². The highest BCUT2D eigenvalue weighted by Crippen LogP contribution is 2.21. The molecule has 1 rings (SSSR count). The molecule has 0 saturated carbocycles. The highest BCUT2D eigenvalue weighted by atomic mass is 16.3. The zero-order valence-electron chi connectivity index (χ0n) is 5.64. The first-order valence-electron chi connectivity index (χ1n) is 3.01. The van der Waals surface area contributed by atoms with Gasteiger partial charge in [0.05, 0.1) is 6.10 Å². The Bertz CT molecular complexity index is 179. The van der Waals surface area contributed by atoms with Crippen molar-refractivity contribution in [2.75, 3.05) is 0 Å². The Hall–Kier alpha value is -0.630. The molecule has 0 aromatic rings. The number of hydrogen-bond acceptors (Lipinski definition) is 2. The molecule has 1 N–H and O–H groups in total. The smallest absolute Gasteiger partial charge is 0.161 e. The Kier molecular flexibility index (Phi) is 1.41. The first kappa shape index (κ1) is 6.49. The molecule has 0 amide bonds. The number of carbonyl (C=O) groups is 1. The molecule has 1 atom stereocenters. The number of ketones is 1. The predicted octanol–water partition coefficient (Wildman–Crippen LogP) is 0.657. The Morgan fingerprint density at radius 1 is 1.56 bits per heavy atom. The SMILES string of the molecule is CC1=C(C)[C@H](O)CC1=O. The van der Waals surface area contributed by atoms with Gasteiger partial charge in [-0.1, -0.05) is 0 Å². The summed E-state index contributed by atoms with van der Waals surface area (Å²) in [5.74, 6) is 0.0833. The van der Waals surface area contributed by atoms with E-state index in [4.69, 9.17) is 5.11 Å². The minimum absolute atomic E-state index is 0.0833. The van der Waals surface area contributed by atoms with Crippen molar-refractivity contribution in [1.29, 1.82) is 0 Å². The summed E-state index contributed by atoms with van der Waals surface area (Å²) in [7, 11) is 0. The fraction of sp³-hybridized carbons (Fsp3) is 0.571. The Balaban J connectivity index is 2.92. The van der Waals surface area contributed by atoms with Gasteiger partial charge in [0.25, 0.3) is 0 Å². The van der Waals surface area contributed by atoms with E-state index >= 15 is 0 Å². The fourth-order valence-electron chi connectivity index (χ4n) is 0.952. The molecule has 0 fully saturated rings. The number of rotatable bonds is 0. The zero-order chi connectivity index (χ0) is 7.02. The van der Waals surface area contributed by atoms with Crippen molar-refractivity contribution in [3.63, 3.8) is 0 Å². The van der Waals surface area contributed by atoms with Crippen molar-refractivity contribution in [3.8, 4) is 0 Å². The number of Topliss-reactive ketones (excluding diaryl/α,β-unsaturated/α-hetero) is 1. The molecule has 1 aliphatic rings. The molecule has 0 radical (unpaired) electrons. The van der Waals surface area contributed by atoms with E-state index in [1.54, 1.807) is 13.8 Å². The Morgan fingerprint density at radius 3 is 2.22 bits per heavy atom. The Labute approximate surface area is 54.2 Å². The highest BCUT2D eigenvalue weighted by molar-refractivity contribution is 5.98. The van der Waals surface area contributed by atoms with Crippen LogP contribution >= 0.6 is 0 Å². The van der Waals surface area contributed by atoms with E-state index in [9.17, 15) is 4.79 Å². The van der Waals surface area contributed by atoms with Crippen LogP contribution in [0.5, 0.6) is 0 Å². The summed E-state index contributed by atoms with van der Waals surface area (Å²) in [6.07, 6.45) is -0.213. The lowest BCUT2D eigenvalue weighted by atomic mass is 10.2. The quantitative estimate of drug-likeness (QED) is 0.517. The zero-order valence-corrected chi connectivity index (χ0v) is 5.64. The van der Waals surface area contributed by atoms with Gasteiger partial charge in [-0.05, 0) is 25.0 Å². The molecule has 2 nitrogen and oxygen atoms in total. The van der Waals surface area contributed by atoms with E-state index in [1.165, 1.54) is 0 Å². The van der Waals surface area contributed by atoms with Gasteiger partial charge < -0.3 is 5.11 Å². The predicted molar refractivity (Wildman–Crippen MR) is 34.0 cm³/mol. The van der Waals surface area contributed by atoms with Crippen LogP contribution < -0.4 is 0 Å². The normalized spacial score (nSPS) is 27.9. The van der Waals surface area contributed by atoms with Crippen molar-refractivity contribution < 1.29 is 9.90 Å². The maximum atomic E-state index is 10.8. The molecular formula is C7H10O2. The molecule has 0 spiro atoms. The molecule has 0 aliphatic heterocycles. The highest BCUT2D eigenvalue weighted by Gasteiger charge is 2.24. The van der Waals surface area contributed by atoms with Gasteiger partial charge in [-0.15, -0.1) is 0 Å². The molecule has 0 heterocycles. The van der Waals surface area contributed by atoms with Crippen LogP contribution in [0.15, 0.2) is 11.1 Å². The maximum Gasteiger partial charge on any atom is 0.161 e. The van der Waals surface area contributed by atoms with Crippen LogP contribution in [-0.2, 0) is 4.79 Å². The lowest BCUT2D eigenvalue weighted by Crippen LogP contribution is -2.03. The molecular weight excluding hydrogens is 116 g/mol. The lowest BCUT2D eigenvalue weighted by Gasteiger charge is -1.97. The van der Waals surface area contributed by atoms with E-state index < -0.39 is 6.10 Å². The first-order valence-corrected chi connectivity index (χ1v) is 3.01. The third-order valence-electron chi connectivity index (χ3n) is 1.89. The number of allylic oxidation sites excluding steroid dienone is 1. The van der Waals surface area contributed by atoms with E-state index in [0.29, 0.717) is 0 Å². The van der Waals surface area contributed by atoms with Crippen LogP contribution in [0.4, 0.5) is 0 Å². The summed E-state index contributed by atoms with van der Waals surface area (Å²) in [6.45, 7) is 3.55. The monoisotopic (exact) mass is 126 g/mol. The third kappa shape index (κ3) is 0.900. The largest absolute Gasteiger partial charge is 0.388 e. The summed E-state index contributed by atoms with van der Waals surface area (Å²) < 4.78 is 0. The number of hydrogen-bond donors (Lipinski definition) is 1. The van der Waals surface area contributed by atoms with Gasteiger partial charge in [-0.2, -0.15) is 0 Å². The summed E-state index contributed by atoms with van der Waals surface area (Å²) in [6, 6.07) is 0. The third-order valence-corrected chi connectivity index (χ3v) is 1.89. The molecule has 0 saturated heterocycles. The van der Waals surface area contributed by atoms with E-state index in [1.807, 2.05) is 0 Å². The van der Waals surface area contributed by atoms with Crippen LogP contribution in [0.3, 0.4) is 0 Å². The molecule has 9 heavy (non-hydrogen) atoms. The van der Waals surface area contributed by atoms with Crippen molar-refractivity contribution in [1.82, 2.24) is 0 Å². The number of aliphatic hydroxyl groups excluding tert-OH is 1. The molecule has 0 unspecified atom stereocenters. The lowest BCUT2D eigenvalue weighted by molar-refractivity contribution is -0.115. The average Bonchev–Trinajstić information content (AvgIpc) is 1.98. The van der Waals surface area contributed by atoms with E-state index in [2.05, 4.69) is 0 Å². The Morgan fingerprint density at radius 2 is 2.11 bits per heavy atom. The maximum absolute atomic E-state index is 10.8. The van der Waals surface area contributed by atoms with Gasteiger partial charge in [-0.3, -0.25) is 4.79 Å². The van der Waals surface area contributed by atoms with Crippen LogP contribution in [0.2, 0.25) is 0 Å². The van der Waals surface area contributed by atoms with E-state index in [0.717, 1.165) is 11.1 Å². The van der Waals surface area contributed by atoms with Gasteiger partial charge in [0, 0.05) is 6.42 Å². The van der Waals surface area contributed by atoms with E-state index in [-0.39, 0.29) is 12.2 Å². The summed E-state index contributed by atoms with van der Waals surface area (Å²) >= 11 is 0. The number of aliphatic hydroxyl groups is 1. The summed E-state index contributed by atoms with van der Waals surface area (Å²) in [5.41, 5.74) is 1.57. The molecule has 50 valence electrons. The van der Waals surface area contributed by atoms with Crippen molar-refractivity contribution in [3.05, 3.63) is 11.1 Å². The first-order chi connectivity index (χ1) is 4.13. The van der Waals surface area contributed by atoms with Crippen LogP contribution in [0.25, 0.3) is 0 Å². The second-order valence-electron chi connectivity index (χ2n) is 2.45. The minimum atomic E-state index is -0.502. The van der Waals surface area contributed by atoms with Crippen LogP contribution in [0, 0.1) is 0 Å². The van der Waals surface area contributed by atoms with Gasteiger partial charge in [0.15, 0.2) is 5.78 Å². The molecule has 0 aromatic carbocycles.